The SMILES string of the molecule is C#CC(C)(CC)NC(=O)CN1c2cccc3cccc(c23)S1(=O)=O. The monoisotopic (exact) mass is 342 g/mol. The Morgan fingerprint density at radius 1 is 1.29 bits per heavy atom. The summed E-state index contributed by atoms with van der Waals surface area (Å²) in [7, 11) is -3.74. The van der Waals surface area contributed by atoms with E-state index in [1.807, 2.05) is 19.1 Å². The number of hydrogen-bond donors (Lipinski definition) is 1. The largest absolute Gasteiger partial charge is 0.338 e. The molecule has 24 heavy (non-hydrogen) atoms. The van der Waals surface area contributed by atoms with Crippen molar-refractivity contribution in [3.05, 3.63) is 36.4 Å². The molecule has 1 heterocycles. The molecule has 5 nitrogen and oxygen atoms in total. The van der Waals surface area contributed by atoms with Crippen LogP contribution >= 0.6 is 0 Å². The molecule has 6 heteroatoms. The first-order valence-electron chi connectivity index (χ1n) is 7.65. The highest BCUT2D eigenvalue weighted by atomic mass is 32.2. The second-order valence-corrected chi connectivity index (χ2v) is 7.85. The maximum absolute atomic E-state index is 12.8. The molecule has 3 rings (SSSR count). The van der Waals surface area contributed by atoms with Gasteiger partial charge in [0.05, 0.1) is 16.1 Å². The minimum absolute atomic E-state index is 0.235. The third kappa shape index (κ3) is 2.42. The van der Waals surface area contributed by atoms with E-state index in [1.54, 1.807) is 31.2 Å². The van der Waals surface area contributed by atoms with Gasteiger partial charge in [-0.25, -0.2) is 8.42 Å². The van der Waals surface area contributed by atoms with Crippen LogP contribution in [0.3, 0.4) is 0 Å². The molecule has 0 fully saturated rings. The first-order valence-corrected chi connectivity index (χ1v) is 9.09. The highest BCUT2D eigenvalue weighted by Gasteiger charge is 2.37. The van der Waals surface area contributed by atoms with Crippen LogP contribution in [-0.4, -0.2) is 26.4 Å². The molecule has 2 aromatic carbocycles. The van der Waals surface area contributed by atoms with E-state index >= 15 is 0 Å². The van der Waals surface area contributed by atoms with Gasteiger partial charge in [-0.2, -0.15) is 0 Å². The lowest BCUT2D eigenvalue weighted by molar-refractivity contribution is -0.120. The summed E-state index contributed by atoms with van der Waals surface area (Å²) in [6.07, 6.45) is 6.01. The summed E-state index contributed by atoms with van der Waals surface area (Å²) in [5.74, 6) is 2.12. The van der Waals surface area contributed by atoms with Gasteiger partial charge in [-0.3, -0.25) is 9.10 Å². The van der Waals surface area contributed by atoms with Gasteiger partial charge in [0.1, 0.15) is 6.54 Å². The van der Waals surface area contributed by atoms with Crippen LogP contribution in [0.25, 0.3) is 10.8 Å². The van der Waals surface area contributed by atoms with Gasteiger partial charge in [-0.05, 0) is 30.9 Å². The number of nitrogens with zero attached hydrogens (tertiary/aromatic N) is 1. The minimum Gasteiger partial charge on any atom is -0.338 e. The van der Waals surface area contributed by atoms with E-state index < -0.39 is 21.5 Å². The number of terminal acetylenes is 1. The van der Waals surface area contributed by atoms with Crippen molar-refractivity contribution in [2.45, 2.75) is 30.7 Å². The Morgan fingerprint density at radius 3 is 2.58 bits per heavy atom. The third-order valence-corrected chi connectivity index (χ3v) is 6.21. The molecule has 1 N–H and O–H groups in total. The van der Waals surface area contributed by atoms with E-state index in [1.165, 1.54) is 0 Å². The van der Waals surface area contributed by atoms with E-state index in [0.29, 0.717) is 17.5 Å². The molecule has 0 bridgehead atoms. The molecule has 0 radical (unpaired) electrons. The van der Waals surface area contributed by atoms with Crippen molar-refractivity contribution in [3.8, 4) is 12.3 Å². The van der Waals surface area contributed by atoms with Crippen LogP contribution in [0.15, 0.2) is 41.3 Å². The van der Waals surface area contributed by atoms with E-state index in [0.717, 1.165) is 9.69 Å². The molecule has 1 amide bonds. The zero-order valence-electron chi connectivity index (χ0n) is 13.5. The smallest absolute Gasteiger partial charge is 0.265 e. The summed E-state index contributed by atoms with van der Waals surface area (Å²) in [5.41, 5.74) is -0.267. The number of anilines is 1. The molecule has 0 saturated heterocycles. The van der Waals surface area contributed by atoms with Crippen molar-refractivity contribution in [3.63, 3.8) is 0 Å². The summed E-state index contributed by atoms with van der Waals surface area (Å²) >= 11 is 0. The summed E-state index contributed by atoms with van der Waals surface area (Å²) in [4.78, 5) is 12.6. The maximum atomic E-state index is 12.8. The Balaban J connectivity index is 1.98. The number of carbonyl (C=O) groups is 1. The van der Waals surface area contributed by atoms with E-state index in [4.69, 9.17) is 6.42 Å². The fourth-order valence-corrected chi connectivity index (χ4v) is 4.50. The highest BCUT2D eigenvalue weighted by Crippen LogP contribution is 2.41. The average Bonchev–Trinajstić information content (AvgIpc) is 2.78. The third-order valence-electron chi connectivity index (χ3n) is 4.41. The number of rotatable bonds is 4. The fraction of sp³-hybridized carbons (Fsp3) is 0.278. The van der Waals surface area contributed by atoms with Crippen LogP contribution in [0.4, 0.5) is 5.69 Å². The topological polar surface area (TPSA) is 66.5 Å². The van der Waals surface area contributed by atoms with Crippen molar-refractivity contribution in [2.24, 2.45) is 0 Å². The second kappa shape index (κ2) is 5.53. The molecule has 0 aromatic heterocycles. The zero-order chi connectivity index (χ0) is 17.5. The Hall–Kier alpha value is -2.52. The van der Waals surface area contributed by atoms with Crippen LogP contribution in [0.1, 0.15) is 20.3 Å². The molecule has 2 aromatic rings. The Bertz CT molecular complexity index is 970. The van der Waals surface area contributed by atoms with Gasteiger partial charge in [0.15, 0.2) is 0 Å². The molecule has 0 saturated carbocycles. The van der Waals surface area contributed by atoms with E-state index in [2.05, 4.69) is 11.2 Å². The lowest BCUT2D eigenvalue weighted by atomic mass is 10.0. The molecule has 1 unspecified atom stereocenters. The number of amides is 1. The van der Waals surface area contributed by atoms with Crippen LogP contribution in [0, 0.1) is 12.3 Å². The number of sulfonamides is 1. The van der Waals surface area contributed by atoms with Crippen molar-refractivity contribution < 1.29 is 13.2 Å². The van der Waals surface area contributed by atoms with Gasteiger partial charge in [0.25, 0.3) is 10.0 Å². The molecular formula is C18H18N2O3S. The van der Waals surface area contributed by atoms with Gasteiger partial charge in [0, 0.05) is 5.39 Å². The van der Waals surface area contributed by atoms with Crippen LogP contribution in [-0.2, 0) is 14.8 Å². The molecule has 124 valence electrons. The van der Waals surface area contributed by atoms with E-state index in [-0.39, 0.29) is 11.4 Å². The number of benzene rings is 2. The van der Waals surface area contributed by atoms with Gasteiger partial charge in [-0.15, -0.1) is 6.42 Å². The molecule has 1 aliphatic rings. The second-order valence-electron chi connectivity index (χ2n) is 6.02. The summed E-state index contributed by atoms with van der Waals surface area (Å²) < 4.78 is 26.8. The molecule has 1 aliphatic heterocycles. The summed E-state index contributed by atoms with van der Waals surface area (Å²) in [6, 6.07) is 10.5. The van der Waals surface area contributed by atoms with Crippen molar-refractivity contribution in [1.82, 2.24) is 5.32 Å². The van der Waals surface area contributed by atoms with Crippen LogP contribution in [0.2, 0.25) is 0 Å². The van der Waals surface area contributed by atoms with Crippen molar-refractivity contribution >= 4 is 32.4 Å². The summed E-state index contributed by atoms with van der Waals surface area (Å²) in [6.45, 7) is 3.30. The first kappa shape index (κ1) is 16.3. The number of hydrogen-bond acceptors (Lipinski definition) is 3. The standard InChI is InChI=1S/C18H18N2O3S/c1-4-18(3,5-2)19-16(21)12-20-14-10-6-8-13-9-7-11-15(17(13)14)24(20,22)23/h1,6-11H,5,12H2,2-3H3,(H,19,21). The van der Waals surface area contributed by atoms with E-state index in [9.17, 15) is 13.2 Å². The Labute approximate surface area is 141 Å². The number of carbonyl (C=O) groups excluding carboxylic acids is 1. The fourth-order valence-electron chi connectivity index (χ4n) is 2.83. The first-order chi connectivity index (χ1) is 11.3. The van der Waals surface area contributed by atoms with Crippen LogP contribution < -0.4 is 9.62 Å². The van der Waals surface area contributed by atoms with Gasteiger partial charge in [-0.1, -0.05) is 37.1 Å². The van der Waals surface area contributed by atoms with Crippen LogP contribution in [0.5, 0.6) is 0 Å². The molecular weight excluding hydrogens is 324 g/mol. The summed E-state index contributed by atoms with van der Waals surface area (Å²) in [5, 5.41) is 4.22. The Morgan fingerprint density at radius 2 is 1.96 bits per heavy atom. The van der Waals surface area contributed by atoms with Gasteiger partial charge in [0.2, 0.25) is 5.91 Å². The van der Waals surface area contributed by atoms with Gasteiger partial charge < -0.3 is 5.32 Å². The molecule has 1 atom stereocenters. The molecule has 0 spiro atoms. The zero-order valence-corrected chi connectivity index (χ0v) is 14.4. The van der Waals surface area contributed by atoms with Crippen molar-refractivity contribution in [2.75, 3.05) is 10.8 Å². The lowest BCUT2D eigenvalue weighted by Crippen LogP contribution is -2.49. The molecule has 0 aliphatic carbocycles. The average molecular weight is 342 g/mol. The predicted molar refractivity (Wildman–Crippen MR) is 94.2 cm³/mol. The normalized spacial score (nSPS) is 17.3. The lowest BCUT2D eigenvalue weighted by Gasteiger charge is -2.25. The number of nitrogens with one attached hydrogen (secondary N) is 1. The van der Waals surface area contributed by atoms with Gasteiger partial charge >= 0.3 is 0 Å². The highest BCUT2D eigenvalue weighted by molar-refractivity contribution is 7.93. The quantitative estimate of drug-likeness (QED) is 0.867. The maximum Gasteiger partial charge on any atom is 0.265 e. The predicted octanol–water partition coefficient (Wildman–Crippen LogP) is 2.27. The Kier molecular flexibility index (Phi) is 3.77. The van der Waals surface area contributed by atoms with Crippen molar-refractivity contribution in [1.29, 1.82) is 0 Å². The minimum atomic E-state index is -3.74.